The number of amides is 2. The molecule has 0 aromatic heterocycles. The molecule has 2 heterocycles. The van der Waals surface area contributed by atoms with Gasteiger partial charge in [0, 0.05) is 18.1 Å². The van der Waals surface area contributed by atoms with Crippen molar-refractivity contribution in [3.8, 4) is 0 Å². The van der Waals surface area contributed by atoms with Crippen LogP contribution >= 0.6 is 0 Å². The van der Waals surface area contributed by atoms with Gasteiger partial charge in [-0.25, -0.2) is 12.8 Å². The second-order valence-electron chi connectivity index (χ2n) is 12.7. The van der Waals surface area contributed by atoms with Crippen molar-refractivity contribution in [3.63, 3.8) is 0 Å². The molecule has 48 heavy (non-hydrogen) atoms. The van der Waals surface area contributed by atoms with Gasteiger partial charge in [0.1, 0.15) is 11.4 Å². The maximum absolute atomic E-state index is 13.8. The van der Waals surface area contributed by atoms with Crippen molar-refractivity contribution in [1.82, 2.24) is 16.2 Å². The molecule has 264 valence electrons. The second kappa shape index (κ2) is 12.4. The number of alkyl halides is 6. The van der Waals surface area contributed by atoms with Crippen LogP contribution in [-0.4, -0.2) is 54.9 Å². The zero-order valence-corrected chi connectivity index (χ0v) is 26.8. The summed E-state index contributed by atoms with van der Waals surface area (Å²) in [5.41, 5.74) is -4.35. The lowest BCUT2D eigenvalue weighted by molar-refractivity contribution is -0.376. The minimum atomic E-state index is -6.18. The maximum Gasteiger partial charge on any atom is 0.430 e. The first kappa shape index (κ1) is 36.8. The lowest BCUT2D eigenvalue weighted by atomic mass is 9.87. The molecule has 0 saturated carbocycles. The lowest BCUT2D eigenvalue weighted by Crippen LogP contribution is -2.55. The van der Waals surface area contributed by atoms with Crippen LogP contribution in [-0.2, 0) is 36.4 Å². The van der Waals surface area contributed by atoms with Crippen molar-refractivity contribution in [3.05, 3.63) is 71.4 Å². The topological polar surface area (TPSA) is 137 Å². The fourth-order valence-electron chi connectivity index (χ4n) is 5.41. The van der Waals surface area contributed by atoms with E-state index in [0.717, 1.165) is 24.3 Å². The highest BCUT2D eigenvalue weighted by atomic mass is 32.2. The Morgan fingerprint density at radius 3 is 2.10 bits per heavy atom. The predicted molar refractivity (Wildman–Crippen MR) is 157 cm³/mol. The third kappa shape index (κ3) is 7.48. The molecular formula is C30H33F7N4O6S. The number of hydrogen-bond acceptors (Lipinski definition) is 7. The van der Waals surface area contributed by atoms with Crippen LogP contribution in [0.5, 0.6) is 0 Å². The Balaban J connectivity index is 1.58. The molecule has 2 aliphatic rings. The van der Waals surface area contributed by atoms with Crippen molar-refractivity contribution < 1.29 is 58.6 Å². The fourth-order valence-corrected chi connectivity index (χ4v) is 7.12. The number of benzene rings is 2. The van der Waals surface area contributed by atoms with E-state index in [4.69, 9.17) is 4.74 Å². The zero-order valence-electron chi connectivity index (χ0n) is 26.0. The number of halogens is 7. The van der Waals surface area contributed by atoms with E-state index in [-0.39, 0.29) is 30.5 Å². The van der Waals surface area contributed by atoms with E-state index < -0.39 is 79.7 Å². The minimum Gasteiger partial charge on any atom is -0.474 e. The molecule has 0 saturated heterocycles. The van der Waals surface area contributed by atoms with Crippen molar-refractivity contribution in [2.75, 3.05) is 4.31 Å². The van der Waals surface area contributed by atoms with Crippen LogP contribution in [0.4, 0.5) is 36.4 Å². The summed E-state index contributed by atoms with van der Waals surface area (Å²) in [4.78, 5) is 25.0. The molecule has 0 fully saturated rings. The first-order chi connectivity index (χ1) is 21.9. The van der Waals surface area contributed by atoms with Gasteiger partial charge in [-0.2, -0.15) is 26.3 Å². The molecular weight excluding hydrogens is 677 g/mol. The maximum atomic E-state index is 13.8. The standard InChI is InChI=1S/C30H33F7N4O6S/c1-26(2,3)47-25-16-27(4,38-25)15-24(43)40-39-23(42)14-20-9-5-17-13-18(28(44,29(32,33)34)30(35,36)37)6-12-22(17)41(20)48(45,46)21-10-7-19(31)8-11-21/h6-8,10-13,16,20,38,44H,5,9,14-15H2,1-4H3,(H,39,42)(H,40,43)/t20-,27?/m0/s1. The van der Waals surface area contributed by atoms with Gasteiger partial charge in [0.05, 0.1) is 28.6 Å². The van der Waals surface area contributed by atoms with E-state index in [0.29, 0.717) is 28.4 Å². The van der Waals surface area contributed by atoms with E-state index >= 15 is 0 Å². The summed E-state index contributed by atoms with van der Waals surface area (Å²) in [6, 6.07) is 3.61. The summed E-state index contributed by atoms with van der Waals surface area (Å²) in [5.74, 6) is -1.81. The van der Waals surface area contributed by atoms with E-state index in [2.05, 4.69) is 16.2 Å². The number of nitrogens with one attached hydrogen (secondary N) is 3. The Morgan fingerprint density at radius 2 is 1.56 bits per heavy atom. The number of rotatable bonds is 8. The van der Waals surface area contributed by atoms with Gasteiger partial charge in [-0.3, -0.25) is 24.7 Å². The van der Waals surface area contributed by atoms with Crippen molar-refractivity contribution in [2.45, 2.75) is 93.4 Å². The molecule has 2 aliphatic heterocycles. The molecule has 0 spiro atoms. The number of sulfonamides is 1. The average molecular weight is 711 g/mol. The van der Waals surface area contributed by atoms with Crippen LogP contribution in [0, 0.1) is 5.82 Å². The summed E-state index contributed by atoms with van der Waals surface area (Å²) in [6.07, 6.45) is -11.9. The molecule has 10 nitrogen and oxygen atoms in total. The van der Waals surface area contributed by atoms with Gasteiger partial charge in [-0.05, 0) is 76.4 Å². The monoisotopic (exact) mass is 710 g/mol. The number of aryl methyl sites for hydroxylation is 1. The molecule has 2 aromatic carbocycles. The van der Waals surface area contributed by atoms with E-state index in [9.17, 15) is 53.8 Å². The van der Waals surface area contributed by atoms with Crippen molar-refractivity contribution in [2.24, 2.45) is 0 Å². The van der Waals surface area contributed by atoms with Gasteiger partial charge >= 0.3 is 12.4 Å². The molecule has 2 aromatic rings. The van der Waals surface area contributed by atoms with E-state index in [1.165, 1.54) is 0 Å². The number of hydrogen-bond donors (Lipinski definition) is 4. The molecule has 4 N–H and O–H groups in total. The van der Waals surface area contributed by atoms with Crippen LogP contribution in [0.25, 0.3) is 0 Å². The summed E-state index contributed by atoms with van der Waals surface area (Å²) in [5, 5.41) is 12.9. The van der Waals surface area contributed by atoms with Crippen LogP contribution < -0.4 is 20.5 Å². The highest BCUT2D eigenvalue weighted by molar-refractivity contribution is 7.92. The highest BCUT2D eigenvalue weighted by Gasteiger charge is 2.71. The molecule has 0 bridgehead atoms. The number of aliphatic hydroxyl groups is 1. The molecule has 0 radical (unpaired) electrons. The van der Waals surface area contributed by atoms with Crippen molar-refractivity contribution in [1.29, 1.82) is 0 Å². The van der Waals surface area contributed by atoms with Gasteiger partial charge in [-0.1, -0.05) is 12.1 Å². The van der Waals surface area contributed by atoms with Crippen LogP contribution in [0.2, 0.25) is 0 Å². The highest BCUT2D eigenvalue weighted by Crippen LogP contribution is 2.51. The van der Waals surface area contributed by atoms with Crippen LogP contribution in [0.3, 0.4) is 0 Å². The van der Waals surface area contributed by atoms with Gasteiger partial charge < -0.3 is 15.2 Å². The minimum absolute atomic E-state index is 0.128. The van der Waals surface area contributed by atoms with Gasteiger partial charge in [-0.15, -0.1) is 0 Å². The molecule has 2 amide bonds. The molecule has 2 atom stereocenters. The van der Waals surface area contributed by atoms with Crippen LogP contribution in [0.1, 0.15) is 58.1 Å². The molecule has 0 aliphatic carbocycles. The molecule has 4 rings (SSSR count). The molecule has 1 unspecified atom stereocenters. The van der Waals surface area contributed by atoms with E-state index in [1.54, 1.807) is 13.0 Å². The smallest absolute Gasteiger partial charge is 0.430 e. The zero-order chi connectivity index (χ0) is 36.1. The first-order valence-corrected chi connectivity index (χ1v) is 15.9. The number of ether oxygens (including phenoxy) is 1. The summed E-state index contributed by atoms with van der Waals surface area (Å²) in [6.45, 7) is 7.21. The fraction of sp³-hybridized carbons (Fsp3) is 0.467. The number of hydrazine groups is 1. The normalized spacial score (nSPS) is 20.1. The van der Waals surface area contributed by atoms with Gasteiger partial charge in [0.25, 0.3) is 15.6 Å². The first-order valence-electron chi connectivity index (χ1n) is 14.4. The Morgan fingerprint density at radius 1 is 1.00 bits per heavy atom. The summed E-state index contributed by atoms with van der Waals surface area (Å²) >= 11 is 0. The lowest BCUT2D eigenvalue weighted by Gasteiger charge is -2.40. The average Bonchev–Trinajstić information content (AvgIpc) is 2.92. The number of anilines is 1. The number of nitrogens with zero attached hydrogens (tertiary/aromatic N) is 1. The Labute approximate surface area is 271 Å². The second-order valence-corrected chi connectivity index (χ2v) is 14.6. The van der Waals surface area contributed by atoms with Gasteiger partial charge in [0.2, 0.25) is 11.8 Å². The number of carbonyl (C=O) groups excluding carboxylic acids is 2. The Hall–Kier alpha value is -4.06. The largest absolute Gasteiger partial charge is 0.474 e. The van der Waals surface area contributed by atoms with Crippen molar-refractivity contribution >= 4 is 27.5 Å². The third-order valence-corrected chi connectivity index (χ3v) is 9.45. The van der Waals surface area contributed by atoms with Crippen LogP contribution in [0.15, 0.2) is 59.3 Å². The Bertz CT molecular complexity index is 1690. The van der Waals surface area contributed by atoms with E-state index in [1.807, 2.05) is 20.8 Å². The molecule has 18 heteroatoms. The third-order valence-electron chi connectivity index (χ3n) is 7.57. The number of fused-ring (bicyclic) bond motifs is 1. The number of carbonyl (C=O) groups is 2. The quantitative estimate of drug-likeness (QED) is 0.233. The van der Waals surface area contributed by atoms with Gasteiger partial charge in [0.15, 0.2) is 5.88 Å². The summed E-state index contributed by atoms with van der Waals surface area (Å²) in [7, 11) is -4.70. The predicted octanol–water partition coefficient (Wildman–Crippen LogP) is 4.59. The SMILES string of the molecule is CC1(CC(=O)NNC(=O)C[C@@H]2CCc3cc(C(O)(C(F)(F)F)C(F)(F)F)ccc3N2S(=O)(=O)c2ccc(F)cc2)C=C(OC(C)(C)C)N1. The Kier molecular flexibility index (Phi) is 9.52. The summed E-state index contributed by atoms with van der Waals surface area (Å²) < 4.78 is 129.